The Balaban J connectivity index is 1.23. The number of methoxy groups -OCH3 is 1. The van der Waals surface area contributed by atoms with E-state index in [1.54, 1.807) is 24.1 Å². The van der Waals surface area contributed by atoms with Gasteiger partial charge in [0.25, 0.3) is 5.91 Å². The van der Waals surface area contributed by atoms with Crippen molar-refractivity contribution >= 4 is 40.8 Å². The van der Waals surface area contributed by atoms with Crippen molar-refractivity contribution in [2.24, 2.45) is 0 Å². The molecule has 0 spiro atoms. The van der Waals surface area contributed by atoms with E-state index in [-0.39, 0.29) is 47.1 Å². The molecule has 0 saturated heterocycles. The fourth-order valence-corrected chi connectivity index (χ4v) is 6.79. The number of carbonyl (C=O) groups is 2. The first-order chi connectivity index (χ1) is 25.8. The number of halogens is 4. The molecule has 1 saturated carbocycles. The smallest absolute Gasteiger partial charge is 0.410 e. The summed E-state index contributed by atoms with van der Waals surface area (Å²) in [6, 6.07) is 16.7. The van der Waals surface area contributed by atoms with Crippen LogP contribution in [0.25, 0.3) is 16.8 Å². The zero-order valence-electron chi connectivity index (χ0n) is 30.7. The highest BCUT2D eigenvalue weighted by atomic mass is 35.5. The Morgan fingerprint density at radius 3 is 2.46 bits per heavy atom. The van der Waals surface area contributed by atoms with Crippen LogP contribution in [-0.2, 0) is 33.8 Å². The molecule has 9 nitrogen and oxygen atoms in total. The van der Waals surface area contributed by atoms with E-state index in [0.717, 1.165) is 60.1 Å². The lowest BCUT2D eigenvalue weighted by Crippen LogP contribution is -2.44. The zero-order chi connectivity index (χ0) is 38.6. The number of rotatable bonds is 13. The largest absolute Gasteiger partial charge is 0.486 e. The molecule has 2 amide bonds. The molecular weight excluding hydrogens is 739 g/mol. The highest BCUT2D eigenvalue weighted by molar-refractivity contribution is 6.33. The number of hydrogen-bond donors (Lipinski definition) is 0. The molecule has 6 rings (SSSR count). The molecule has 0 atom stereocenters. The maximum atomic E-state index is 14.7. The lowest BCUT2D eigenvalue weighted by atomic mass is 9.92. The van der Waals surface area contributed by atoms with Gasteiger partial charge in [-0.05, 0) is 105 Å². The Bertz CT molecular complexity index is 2020. The average molecular weight is 783 g/mol. The van der Waals surface area contributed by atoms with E-state index in [2.05, 4.69) is 11.2 Å². The Kier molecular flexibility index (Phi) is 12.3. The normalized spacial score (nSPS) is 14.7. The molecule has 1 aromatic heterocycles. The lowest BCUT2D eigenvalue weighted by molar-refractivity contribution is -0.128. The van der Waals surface area contributed by atoms with Gasteiger partial charge in [-0.1, -0.05) is 52.6 Å². The van der Waals surface area contributed by atoms with Crippen LogP contribution in [0.4, 0.5) is 13.6 Å². The Morgan fingerprint density at radius 2 is 1.76 bits per heavy atom. The quantitative estimate of drug-likeness (QED) is 0.0985. The molecule has 1 fully saturated rings. The summed E-state index contributed by atoms with van der Waals surface area (Å²) >= 11 is 12.7. The van der Waals surface area contributed by atoms with Crippen molar-refractivity contribution in [3.8, 4) is 17.0 Å². The number of aryl methyl sites for hydroxylation is 1. The minimum absolute atomic E-state index is 0.0370. The molecule has 2 heterocycles. The molecule has 1 aliphatic carbocycles. The maximum Gasteiger partial charge on any atom is 0.410 e. The first kappa shape index (κ1) is 39.2. The third kappa shape index (κ3) is 9.61. The van der Waals surface area contributed by atoms with Crippen molar-refractivity contribution < 1.29 is 37.1 Å². The monoisotopic (exact) mass is 781 g/mol. The van der Waals surface area contributed by atoms with E-state index in [4.69, 9.17) is 41.9 Å². The summed E-state index contributed by atoms with van der Waals surface area (Å²) in [6.07, 6.45) is 3.44. The van der Waals surface area contributed by atoms with E-state index in [0.29, 0.717) is 42.5 Å². The van der Waals surface area contributed by atoms with Crippen LogP contribution in [0.2, 0.25) is 10.0 Å². The summed E-state index contributed by atoms with van der Waals surface area (Å²) in [5.41, 5.74) is 3.34. The van der Waals surface area contributed by atoms with Crippen molar-refractivity contribution in [2.75, 3.05) is 26.8 Å². The summed E-state index contributed by atoms with van der Waals surface area (Å²) in [6.45, 7) is 6.88. The zero-order valence-corrected chi connectivity index (χ0v) is 32.2. The fourth-order valence-electron chi connectivity index (χ4n) is 6.36. The average Bonchev–Trinajstić information content (AvgIpc) is 3.88. The van der Waals surface area contributed by atoms with Crippen LogP contribution >= 0.6 is 23.2 Å². The first-order valence-corrected chi connectivity index (χ1v) is 18.7. The number of aromatic nitrogens is 1. The first-order valence-electron chi connectivity index (χ1n) is 17.9. The maximum absolute atomic E-state index is 14.7. The minimum atomic E-state index is -0.770. The van der Waals surface area contributed by atoms with E-state index < -0.39 is 23.3 Å². The number of hydrogen-bond acceptors (Lipinski definition) is 7. The van der Waals surface area contributed by atoms with Gasteiger partial charge in [0.15, 0.2) is 5.76 Å². The Hall–Kier alpha value is -4.45. The molecule has 0 N–H and O–H groups in total. The summed E-state index contributed by atoms with van der Waals surface area (Å²) in [5.74, 6) is -0.856. The molecule has 0 unspecified atom stereocenters. The second kappa shape index (κ2) is 16.9. The van der Waals surface area contributed by atoms with Crippen molar-refractivity contribution in [1.82, 2.24) is 15.0 Å². The third-order valence-electron chi connectivity index (χ3n) is 9.21. The third-order valence-corrected chi connectivity index (χ3v) is 9.95. The molecule has 1 aliphatic heterocycles. The van der Waals surface area contributed by atoms with Crippen molar-refractivity contribution in [3.05, 3.63) is 110 Å². The van der Waals surface area contributed by atoms with E-state index in [9.17, 15) is 18.4 Å². The fraction of sp³-hybridized carbons (Fsp3) is 0.390. The van der Waals surface area contributed by atoms with Crippen LogP contribution in [-0.4, -0.2) is 65.4 Å². The summed E-state index contributed by atoms with van der Waals surface area (Å²) in [5, 5.41) is 4.05. The van der Waals surface area contributed by atoms with Gasteiger partial charge in [-0.25, -0.2) is 13.6 Å². The van der Waals surface area contributed by atoms with E-state index >= 15 is 0 Å². The van der Waals surface area contributed by atoms with Crippen molar-refractivity contribution in [3.63, 3.8) is 0 Å². The molecule has 2 aliphatic rings. The highest BCUT2D eigenvalue weighted by Crippen LogP contribution is 2.37. The second-order valence-corrected chi connectivity index (χ2v) is 15.3. The van der Waals surface area contributed by atoms with Gasteiger partial charge in [0.2, 0.25) is 0 Å². The van der Waals surface area contributed by atoms with Crippen LogP contribution in [0.3, 0.4) is 0 Å². The predicted octanol–water partition coefficient (Wildman–Crippen LogP) is 9.67. The van der Waals surface area contributed by atoms with E-state index in [1.807, 2.05) is 49.9 Å². The van der Waals surface area contributed by atoms with Gasteiger partial charge in [0, 0.05) is 49.5 Å². The molecule has 13 heteroatoms. The topological polar surface area (TPSA) is 94.3 Å². The minimum Gasteiger partial charge on any atom is -0.486 e. The second-order valence-electron chi connectivity index (χ2n) is 14.5. The molecule has 54 heavy (non-hydrogen) atoms. The molecule has 4 aromatic rings. The number of benzene rings is 3. The van der Waals surface area contributed by atoms with Gasteiger partial charge in [0.05, 0.1) is 17.1 Å². The van der Waals surface area contributed by atoms with Crippen LogP contribution in [0.5, 0.6) is 5.75 Å². The summed E-state index contributed by atoms with van der Waals surface area (Å²) < 4.78 is 50.5. The lowest BCUT2D eigenvalue weighted by Gasteiger charge is -2.34. The molecule has 0 radical (unpaired) electrons. The van der Waals surface area contributed by atoms with E-state index in [1.165, 1.54) is 6.07 Å². The van der Waals surface area contributed by atoms with Gasteiger partial charge in [-0.15, -0.1) is 0 Å². The SMILES string of the molecule is COCCCc1ccc(Cl)c(CN(C(=O)C2=C(c3ccc(OCc4cc(-c5c(F)ccc(F)c5Cl)no4)cc3)CCN(C(=O)OC(C)(C)C)C2)C2CC2)c1. The number of carbonyl (C=O) groups excluding carboxylic acids is 2. The van der Waals surface area contributed by atoms with Crippen LogP contribution in [0.15, 0.2) is 70.8 Å². The van der Waals surface area contributed by atoms with Gasteiger partial charge in [-0.2, -0.15) is 0 Å². The molecule has 0 bridgehead atoms. The van der Waals surface area contributed by atoms with Crippen LogP contribution in [0.1, 0.15) is 68.9 Å². The Morgan fingerprint density at radius 1 is 1.02 bits per heavy atom. The standard InChI is InChI=1S/C41H43Cl2F2N3O6/c1-41(2,3)53-40(50)47-18-17-31(32(23-47)39(49)48(28-10-11-28)22-27-20-25(6-5-19-51-4)7-14-33(27)42)26-8-12-29(13-9-26)52-24-30-21-36(46-54-30)37-34(44)15-16-35(45)38(37)43/h7-9,12-16,20-21,28H,5-6,10-11,17-19,22-24H2,1-4H3. The van der Waals surface area contributed by atoms with Gasteiger partial charge < -0.3 is 28.5 Å². The molecule has 286 valence electrons. The number of ether oxygens (including phenoxy) is 3. The predicted molar refractivity (Wildman–Crippen MR) is 202 cm³/mol. The van der Waals surface area contributed by atoms with Crippen LogP contribution < -0.4 is 4.74 Å². The van der Waals surface area contributed by atoms with Crippen molar-refractivity contribution in [1.29, 1.82) is 0 Å². The number of nitrogens with zero attached hydrogens (tertiary/aromatic N) is 3. The van der Waals surface area contributed by atoms with Crippen molar-refractivity contribution in [2.45, 2.75) is 77.7 Å². The van der Waals surface area contributed by atoms with Gasteiger partial charge >= 0.3 is 6.09 Å². The Labute approximate surface area is 323 Å². The number of amides is 2. The molecular formula is C41H43Cl2F2N3O6. The van der Waals surface area contributed by atoms with Crippen LogP contribution in [0, 0.1) is 11.6 Å². The van der Waals surface area contributed by atoms with Gasteiger partial charge in [-0.3, -0.25) is 4.79 Å². The van der Waals surface area contributed by atoms with Gasteiger partial charge in [0.1, 0.15) is 35.3 Å². The molecule has 3 aromatic carbocycles. The summed E-state index contributed by atoms with van der Waals surface area (Å²) in [7, 11) is 1.68. The highest BCUT2D eigenvalue weighted by Gasteiger charge is 2.38. The summed E-state index contributed by atoms with van der Waals surface area (Å²) in [4.78, 5) is 31.4.